The summed E-state index contributed by atoms with van der Waals surface area (Å²) in [5.41, 5.74) is 4.14. The molecule has 0 unspecified atom stereocenters. The van der Waals surface area contributed by atoms with Crippen LogP contribution in [-0.2, 0) is 0 Å². The second-order valence-corrected chi connectivity index (χ2v) is 9.49. The molecule has 1 atom stereocenters. The predicted octanol–water partition coefficient (Wildman–Crippen LogP) is 5.02. The van der Waals surface area contributed by atoms with E-state index in [4.69, 9.17) is 9.40 Å². The van der Waals surface area contributed by atoms with Gasteiger partial charge < -0.3 is 14.2 Å². The summed E-state index contributed by atoms with van der Waals surface area (Å²) in [6.45, 7) is 10.3. The first kappa shape index (κ1) is 22.3. The van der Waals surface area contributed by atoms with E-state index in [1.165, 1.54) is 0 Å². The van der Waals surface area contributed by atoms with Crippen LogP contribution in [0.5, 0.6) is 0 Å². The third-order valence-electron chi connectivity index (χ3n) is 6.63. The third-order valence-corrected chi connectivity index (χ3v) is 6.63. The van der Waals surface area contributed by atoms with Crippen molar-refractivity contribution >= 4 is 16.9 Å². The summed E-state index contributed by atoms with van der Waals surface area (Å²) in [5.74, 6) is 1.62. The van der Waals surface area contributed by atoms with Gasteiger partial charge in [0.2, 0.25) is 0 Å². The fourth-order valence-corrected chi connectivity index (χ4v) is 4.87. The Morgan fingerprint density at radius 3 is 2.56 bits per heavy atom. The molecule has 1 amide bonds. The highest BCUT2D eigenvalue weighted by molar-refractivity contribution is 6.06. The number of hydrogen-bond donors (Lipinski definition) is 0. The molecule has 7 heteroatoms. The molecule has 7 nitrogen and oxygen atoms in total. The number of piperazine rings is 1. The number of pyridine rings is 1. The molecule has 0 saturated carbocycles. The number of carbonyl (C=O) groups is 1. The summed E-state index contributed by atoms with van der Waals surface area (Å²) in [5, 5.41) is 5.37. The molecular weight excluding hydrogens is 426 g/mol. The van der Waals surface area contributed by atoms with Crippen molar-refractivity contribution in [1.82, 2.24) is 24.6 Å². The maximum Gasteiger partial charge on any atom is 0.255 e. The predicted molar refractivity (Wildman–Crippen MR) is 133 cm³/mol. The van der Waals surface area contributed by atoms with E-state index in [1.807, 2.05) is 53.8 Å². The first-order chi connectivity index (χ1) is 16.3. The minimum atomic E-state index is -0.0165. The molecule has 5 rings (SSSR count). The largest absolute Gasteiger partial charge is 0.466 e. The Morgan fingerprint density at radius 2 is 1.88 bits per heavy atom. The van der Waals surface area contributed by atoms with Crippen molar-refractivity contribution in [3.8, 4) is 11.3 Å². The van der Waals surface area contributed by atoms with Crippen molar-refractivity contribution in [3.63, 3.8) is 0 Å². The number of aryl methyl sites for hydroxylation is 2. The first-order valence-corrected chi connectivity index (χ1v) is 11.8. The summed E-state index contributed by atoms with van der Waals surface area (Å²) in [6, 6.07) is 14.3. The van der Waals surface area contributed by atoms with E-state index in [9.17, 15) is 4.79 Å². The van der Waals surface area contributed by atoms with E-state index in [1.54, 1.807) is 6.20 Å². The van der Waals surface area contributed by atoms with Gasteiger partial charge in [0.1, 0.15) is 11.5 Å². The highest BCUT2D eigenvalue weighted by Gasteiger charge is 2.32. The van der Waals surface area contributed by atoms with E-state index in [0.717, 1.165) is 52.5 Å². The molecule has 4 aromatic rings. The highest BCUT2D eigenvalue weighted by atomic mass is 16.3. The van der Waals surface area contributed by atoms with Crippen molar-refractivity contribution in [2.45, 2.75) is 39.8 Å². The molecule has 1 aliphatic heterocycles. The summed E-state index contributed by atoms with van der Waals surface area (Å²) in [4.78, 5) is 23.4. The van der Waals surface area contributed by atoms with E-state index >= 15 is 0 Å². The number of likely N-dealkylation sites (N-methyl/N-ethyl adjacent to an activating group) is 1. The summed E-state index contributed by atoms with van der Waals surface area (Å²) in [7, 11) is 2.11. The van der Waals surface area contributed by atoms with Crippen molar-refractivity contribution in [1.29, 1.82) is 0 Å². The van der Waals surface area contributed by atoms with E-state index in [-0.39, 0.29) is 18.0 Å². The molecule has 3 aromatic heterocycles. The standard InChI is InChI=1S/C27H31N5O2/c1-17(2)32-26-23(15-28-32)22(14-24(29-26)21-13-18(3)34-19(21)4)27(33)31-12-11-30(5)16-25(31)20-9-7-6-8-10-20/h6-10,13-15,17,25H,11-12,16H2,1-5H3/t25-/m0/s1. The van der Waals surface area contributed by atoms with Crippen LogP contribution in [0.3, 0.4) is 0 Å². The maximum atomic E-state index is 14.2. The van der Waals surface area contributed by atoms with Crippen molar-refractivity contribution in [3.05, 3.63) is 71.3 Å². The topological polar surface area (TPSA) is 67.4 Å². The summed E-state index contributed by atoms with van der Waals surface area (Å²) < 4.78 is 7.67. The lowest BCUT2D eigenvalue weighted by atomic mass is 10.00. The first-order valence-electron chi connectivity index (χ1n) is 11.8. The van der Waals surface area contributed by atoms with E-state index < -0.39 is 0 Å². The molecule has 1 fully saturated rings. The molecule has 4 heterocycles. The molecule has 0 radical (unpaired) electrons. The molecule has 0 aliphatic carbocycles. The number of rotatable bonds is 4. The van der Waals surface area contributed by atoms with Crippen LogP contribution in [0.4, 0.5) is 0 Å². The Labute approximate surface area is 200 Å². The van der Waals surface area contributed by atoms with Crippen LogP contribution in [0.25, 0.3) is 22.3 Å². The SMILES string of the molecule is Cc1cc(-c2cc(C(=O)N3CCN(C)C[C@H]3c3ccccc3)c3cnn(C(C)C)c3n2)c(C)o1. The monoisotopic (exact) mass is 457 g/mol. The number of carbonyl (C=O) groups excluding carboxylic acids is 1. The number of benzene rings is 1. The van der Waals surface area contributed by atoms with Gasteiger partial charge in [0.25, 0.3) is 5.91 Å². The van der Waals surface area contributed by atoms with Crippen molar-refractivity contribution < 1.29 is 9.21 Å². The van der Waals surface area contributed by atoms with Gasteiger partial charge in [-0.25, -0.2) is 9.67 Å². The molecule has 34 heavy (non-hydrogen) atoms. The zero-order valence-corrected chi connectivity index (χ0v) is 20.4. The average molecular weight is 458 g/mol. The second-order valence-electron chi connectivity index (χ2n) is 9.49. The number of nitrogens with zero attached hydrogens (tertiary/aromatic N) is 5. The van der Waals surface area contributed by atoms with Gasteiger partial charge in [-0.1, -0.05) is 30.3 Å². The van der Waals surface area contributed by atoms with Crippen LogP contribution in [0.15, 0.2) is 53.1 Å². The van der Waals surface area contributed by atoms with E-state index in [2.05, 4.69) is 43.0 Å². The molecule has 1 saturated heterocycles. The molecule has 1 aromatic carbocycles. The lowest BCUT2D eigenvalue weighted by Crippen LogP contribution is -2.49. The van der Waals surface area contributed by atoms with Crippen molar-refractivity contribution in [2.24, 2.45) is 0 Å². The number of amides is 1. The Kier molecular flexibility index (Phi) is 5.73. The van der Waals surface area contributed by atoms with Crippen LogP contribution in [0, 0.1) is 13.8 Å². The normalized spacial score (nSPS) is 17.1. The zero-order valence-electron chi connectivity index (χ0n) is 20.4. The van der Waals surface area contributed by atoms with Crippen molar-refractivity contribution in [2.75, 3.05) is 26.7 Å². The van der Waals surface area contributed by atoms with Crippen LogP contribution < -0.4 is 0 Å². The molecule has 1 aliphatic rings. The van der Waals surface area contributed by atoms with Gasteiger partial charge in [-0.2, -0.15) is 5.10 Å². The second kappa shape index (κ2) is 8.72. The number of furan rings is 1. The summed E-state index contributed by atoms with van der Waals surface area (Å²) >= 11 is 0. The molecule has 176 valence electrons. The number of hydrogen-bond acceptors (Lipinski definition) is 5. The van der Waals surface area contributed by atoms with Gasteiger partial charge in [0, 0.05) is 31.2 Å². The van der Waals surface area contributed by atoms with Gasteiger partial charge in [0.15, 0.2) is 5.65 Å². The summed E-state index contributed by atoms with van der Waals surface area (Å²) in [6.07, 6.45) is 1.78. The Bertz CT molecular complexity index is 1340. The van der Waals surface area contributed by atoms with Gasteiger partial charge in [-0.05, 0) is 52.4 Å². The fourth-order valence-electron chi connectivity index (χ4n) is 4.87. The van der Waals surface area contributed by atoms with Crippen LogP contribution >= 0.6 is 0 Å². The third kappa shape index (κ3) is 3.90. The van der Waals surface area contributed by atoms with Gasteiger partial charge in [-0.3, -0.25) is 4.79 Å². The zero-order chi connectivity index (χ0) is 24.0. The quantitative estimate of drug-likeness (QED) is 0.431. The lowest BCUT2D eigenvalue weighted by Gasteiger charge is -2.40. The minimum Gasteiger partial charge on any atom is -0.466 e. The van der Waals surface area contributed by atoms with Crippen LogP contribution in [0.2, 0.25) is 0 Å². The fraction of sp³-hybridized carbons (Fsp3) is 0.370. The van der Waals surface area contributed by atoms with Gasteiger partial charge in [-0.15, -0.1) is 0 Å². The van der Waals surface area contributed by atoms with E-state index in [0.29, 0.717) is 12.1 Å². The minimum absolute atomic E-state index is 0.0109. The molecule has 0 N–H and O–H groups in total. The van der Waals surface area contributed by atoms with Crippen LogP contribution in [0.1, 0.15) is 53.4 Å². The number of aromatic nitrogens is 3. The average Bonchev–Trinajstić information content (AvgIpc) is 3.41. The molecule has 0 bridgehead atoms. The Balaban J connectivity index is 1.66. The highest BCUT2D eigenvalue weighted by Crippen LogP contribution is 2.33. The smallest absolute Gasteiger partial charge is 0.255 e. The Hall–Kier alpha value is -3.45. The van der Waals surface area contributed by atoms with Crippen LogP contribution in [-0.4, -0.2) is 57.2 Å². The maximum absolute atomic E-state index is 14.2. The Morgan fingerprint density at radius 1 is 1.12 bits per heavy atom. The van der Waals surface area contributed by atoms with Gasteiger partial charge in [0.05, 0.1) is 28.9 Å². The lowest BCUT2D eigenvalue weighted by molar-refractivity contribution is 0.0500. The molecule has 0 spiro atoms. The number of fused-ring (bicyclic) bond motifs is 1. The molecular formula is C27H31N5O2. The van der Waals surface area contributed by atoms with Gasteiger partial charge >= 0.3 is 0 Å².